The zero-order valence-electron chi connectivity index (χ0n) is 17.9. The quantitative estimate of drug-likeness (QED) is 0.335. The Hall–Kier alpha value is -3.83. The highest BCUT2D eigenvalue weighted by Gasteiger charge is 2.13. The van der Waals surface area contributed by atoms with Crippen molar-refractivity contribution in [3.63, 3.8) is 0 Å². The summed E-state index contributed by atoms with van der Waals surface area (Å²) in [6.07, 6.45) is 0. The lowest BCUT2D eigenvalue weighted by Crippen LogP contribution is -2.25. The predicted molar refractivity (Wildman–Crippen MR) is 132 cm³/mol. The number of halogens is 1. The fourth-order valence-electron chi connectivity index (χ4n) is 3.94. The van der Waals surface area contributed by atoms with E-state index in [9.17, 15) is 4.79 Å². The Balaban J connectivity index is 1.33. The first-order chi connectivity index (χ1) is 16.2. The van der Waals surface area contributed by atoms with E-state index in [0.29, 0.717) is 30.3 Å². The third kappa shape index (κ3) is 4.54. The number of carbonyl (C=O) groups is 1. The fourth-order valence-corrected chi connectivity index (χ4v) is 4.07. The van der Waals surface area contributed by atoms with Crippen molar-refractivity contribution in [3.05, 3.63) is 107 Å². The van der Waals surface area contributed by atoms with Crippen LogP contribution in [0.5, 0.6) is 5.75 Å². The van der Waals surface area contributed by atoms with Gasteiger partial charge >= 0.3 is 0 Å². The van der Waals surface area contributed by atoms with Gasteiger partial charge in [-0.25, -0.2) is 4.98 Å². The molecule has 5 rings (SSSR count). The van der Waals surface area contributed by atoms with Gasteiger partial charge in [0.25, 0.3) is 5.91 Å². The van der Waals surface area contributed by atoms with Crippen molar-refractivity contribution in [2.75, 3.05) is 6.61 Å². The SMILES string of the molecule is O=C(NCc1nc2ccccc2n1CCOc1cccc2ccccc12)c1ccc(Cl)cc1. The number of rotatable bonds is 7. The van der Waals surface area contributed by atoms with Crippen LogP contribution in [0.2, 0.25) is 5.02 Å². The van der Waals surface area contributed by atoms with E-state index in [4.69, 9.17) is 21.3 Å². The molecule has 0 aliphatic rings. The Morgan fingerprint density at radius 3 is 2.55 bits per heavy atom. The van der Waals surface area contributed by atoms with Crippen LogP contribution in [-0.2, 0) is 13.1 Å². The maximum atomic E-state index is 12.6. The molecule has 5 aromatic rings. The Bertz CT molecular complexity index is 1420. The van der Waals surface area contributed by atoms with Gasteiger partial charge in [-0.3, -0.25) is 4.79 Å². The van der Waals surface area contributed by atoms with E-state index in [1.807, 2.05) is 48.5 Å². The molecule has 6 heteroatoms. The first-order valence-corrected chi connectivity index (χ1v) is 11.2. The second-order valence-electron chi connectivity index (χ2n) is 7.68. The van der Waals surface area contributed by atoms with Crippen molar-refractivity contribution in [1.82, 2.24) is 14.9 Å². The summed E-state index contributed by atoms with van der Waals surface area (Å²) in [6, 6.07) is 29.0. The Labute approximate surface area is 196 Å². The van der Waals surface area contributed by atoms with Gasteiger partial charge in [-0.05, 0) is 47.9 Å². The molecule has 1 N–H and O–H groups in total. The van der Waals surface area contributed by atoms with Crippen molar-refractivity contribution in [1.29, 1.82) is 0 Å². The number of hydrogen-bond donors (Lipinski definition) is 1. The first kappa shape index (κ1) is 21.0. The summed E-state index contributed by atoms with van der Waals surface area (Å²) in [6.45, 7) is 1.40. The molecule has 4 aromatic carbocycles. The summed E-state index contributed by atoms with van der Waals surface area (Å²) < 4.78 is 8.25. The maximum Gasteiger partial charge on any atom is 0.251 e. The molecule has 1 heterocycles. The number of hydrogen-bond acceptors (Lipinski definition) is 3. The van der Waals surface area contributed by atoms with Crippen LogP contribution in [0.15, 0.2) is 91.0 Å². The summed E-state index contributed by atoms with van der Waals surface area (Å²) in [5, 5.41) is 5.79. The number of para-hydroxylation sites is 2. The molecule has 0 saturated carbocycles. The number of aromatic nitrogens is 2. The number of benzene rings is 4. The molecule has 164 valence electrons. The van der Waals surface area contributed by atoms with E-state index in [1.54, 1.807) is 24.3 Å². The van der Waals surface area contributed by atoms with Crippen LogP contribution < -0.4 is 10.1 Å². The smallest absolute Gasteiger partial charge is 0.251 e. The number of ether oxygens (including phenoxy) is 1. The standard InChI is InChI=1S/C27H22ClN3O2/c28-21-14-12-20(13-15-21)27(32)29-18-26-30-23-9-3-4-10-24(23)31(26)16-17-33-25-11-5-7-19-6-1-2-8-22(19)25/h1-15H,16-18H2,(H,29,32). The van der Waals surface area contributed by atoms with Gasteiger partial charge in [-0.15, -0.1) is 0 Å². The molecule has 0 unspecified atom stereocenters. The molecule has 0 radical (unpaired) electrons. The molecule has 0 saturated heterocycles. The monoisotopic (exact) mass is 455 g/mol. The highest BCUT2D eigenvalue weighted by atomic mass is 35.5. The van der Waals surface area contributed by atoms with Crippen molar-refractivity contribution in [3.8, 4) is 5.75 Å². The summed E-state index contributed by atoms with van der Waals surface area (Å²) in [7, 11) is 0. The van der Waals surface area contributed by atoms with Crippen molar-refractivity contribution < 1.29 is 9.53 Å². The highest BCUT2D eigenvalue weighted by molar-refractivity contribution is 6.30. The first-order valence-electron chi connectivity index (χ1n) is 10.8. The van der Waals surface area contributed by atoms with Crippen LogP contribution in [0, 0.1) is 0 Å². The minimum absolute atomic E-state index is 0.169. The van der Waals surface area contributed by atoms with Crippen LogP contribution in [-0.4, -0.2) is 22.1 Å². The van der Waals surface area contributed by atoms with E-state index in [2.05, 4.69) is 28.1 Å². The van der Waals surface area contributed by atoms with E-state index in [1.165, 1.54) is 0 Å². The number of nitrogens with one attached hydrogen (secondary N) is 1. The third-order valence-electron chi connectivity index (χ3n) is 5.57. The zero-order chi connectivity index (χ0) is 22.6. The van der Waals surface area contributed by atoms with E-state index in [0.717, 1.165) is 33.4 Å². The number of nitrogens with zero attached hydrogens (tertiary/aromatic N) is 2. The van der Waals surface area contributed by atoms with E-state index < -0.39 is 0 Å². The summed E-state index contributed by atoms with van der Waals surface area (Å²) in [4.78, 5) is 17.3. The highest BCUT2D eigenvalue weighted by Crippen LogP contribution is 2.25. The van der Waals surface area contributed by atoms with Gasteiger partial charge in [0.15, 0.2) is 0 Å². The summed E-state index contributed by atoms with van der Waals surface area (Å²) in [5.41, 5.74) is 2.45. The molecule has 0 aliphatic carbocycles. The average molecular weight is 456 g/mol. The van der Waals surface area contributed by atoms with E-state index in [-0.39, 0.29) is 5.91 Å². The van der Waals surface area contributed by atoms with Crippen molar-refractivity contribution >= 4 is 39.3 Å². The van der Waals surface area contributed by atoms with E-state index >= 15 is 0 Å². The number of carbonyl (C=O) groups excluding carboxylic acids is 1. The van der Waals surface area contributed by atoms with Crippen LogP contribution in [0.3, 0.4) is 0 Å². The molecular weight excluding hydrogens is 434 g/mol. The second-order valence-corrected chi connectivity index (χ2v) is 8.12. The molecule has 33 heavy (non-hydrogen) atoms. The molecule has 0 bridgehead atoms. The Morgan fingerprint density at radius 1 is 0.909 bits per heavy atom. The lowest BCUT2D eigenvalue weighted by Gasteiger charge is -2.13. The van der Waals surface area contributed by atoms with Gasteiger partial charge in [0, 0.05) is 16.0 Å². The van der Waals surface area contributed by atoms with Crippen molar-refractivity contribution in [2.45, 2.75) is 13.1 Å². The predicted octanol–water partition coefficient (Wildman–Crippen LogP) is 5.85. The Morgan fingerprint density at radius 2 is 1.67 bits per heavy atom. The Kier molecular flexibility index (Phi) is 5.96. The minimum Gasteiger partial charge on any atom is -0.491 e. The second kappa shape index (κ2) is 9.35. The maximum absolute atomic E-state index is 12.6. The van der Waals surface area contributed by atoms with Crippen LogP contribution in [0.25, 0.3) is 21.8 Å². The largest absolute Gasteiger partial charge is 0.491 e. The molecule has 5 nitrogen and oxygen atoms in total. The number of fused-ring (bicyclic) bond motifs is 2. The average Bonchev–Trinajstić information content (AvgIpc) is 3.20. The molecule has 0 fully saturated rings. The molecule has 0 spiro atoms. The number of imidazole rings is 1. The van der Waals surface area contributed by atoms with Crippen LogP contribution in [0.1, 0.15) is 16.2 Å². The number of amides is 1. The zero-order valence-corrected chi connectivity index (χ0v) is 18.6. The lowest BCUT2D eigenvalue weighted by atomic mass is 10.1. The molecule has 0 aliphatic heterocycles. The molecular formula is C27H22ClN3O2. The molecule has 0 atom stereocenters. The molecule has 1 aromatic heterocycles. The van der Waals surface area contributed by atoms with Gasteiger partial charge in [0.05, 0.1) is 24.1 Å². The summed E-state index contributed by atoms with van der Waals surface area (Å²) in [5.74, 6) is 1.47. The van der Waals surface area contributed by atoms with Crippen LogP contribution >= 0.6 is 11.6 Å². The minimum atomic E-state index is -0.169. The van der Waals surface area contributed by atoms with Gasteiger partial charge in [-0.1, -0.05) is 60.1 Å². The van der Waals surface area contributed by atoms with Gasteiger partial charge in [-0.2, -0.15) is 0 Å². The van der Waals surface area contributed by atoms with Gasteiger partial charge < -0.3 is 14.6 Å². The summed E-state index contributed by atoms with van der Waals surface area (Å²) >= 11 is 5.92. The van der Waals surface area contributed by atoms with Gasteiger partial charge in [0.2, 0.25) is 0 Å². The normalized spacial score (nSPS) is 11.1. The molecule has 1 amide bonds. The lowest BCUT2D eigenvalue weighted by molar-refractivity contribution is 0.0949. The van der Waals surface area contributed by atoms with Crippen molar-refractivity contribution in [2.24, 2.45) is 0 Å². The third-order valence-corrected chi connectivity index (χ3v) is 5.82. The topological polar surface area (TPSA) is 56.2 Å². The van der Waals surface area contributed by atoms with Gasteiger partial charge in [0.1, 0.15) is 18.2 Å². The van der Waals surface area contributed by atoms with Crippen LogP contribution in [0.4, 0.5) is 0 Å². The fraction of sp³-hybridized carbons (Fsp3) is 0.111.